The Morgan fingerprint density at radius 2 is 1.69 bits per heavy atom. The number of methoxy groups -OCH3 is 3. The maximum atomic E-state index is 13.1. The Balaban J connectivity index is 1.83. The molecule has 0 N–H and O–H groups in total. The minimum atomic E-state index is -0.259. The van der Waals surface area contributed by atoms with Gasteiger partial charge in [0.05, 0.1) is 28.0 Å². The molecule has 0 saturated carbocycles. The monoisotopic (exact) mass is 419 g/mol. The second kappa shape index (κ2) is 9.06. The molecule has 0 aliphatic carbocycles. The van der Waals surface area contributed by atoms with Crippen molar-refractivity contribution in [1.29, 1.82) is 0 Å². The molecule has 0 unspecified atom stereocenters. The van der Waals surface area contributed by atoms with Gasteiger partial charge in [0, 0.05) is 12.1 Å². The molecule has 0 aliphatic heterocycles. The van der Waals surface area contributed by atoms with Crippen LogP contribution in [0.25, 0.3) is 11.5 Å². The maximum Gasteiger partial charge on any atom is 0.288 e. The van der Waals surface area contributed by atoms with Crippen molar-refractivity contribution in [2.75, 3.05) is 28.4 Å². The highest BCUT2D eigenvalue weighted by Gasteiger charge is 2.18. The van der Waals surface area contributed by atoms with Gasteiger partial charge in [-0.05, 0) is 49.1 Å². The first-order valence-corrected chi connectivity index (χ1v) is 9.17. The molecule has 29 heavy (non-hydrogen) atoms. The van der Waals surface area contributed by atoms with Gasteiger partial charge in [-0.2, -0.15) is 0 Å². The predicted molar refractivity (Wildman–Crippen MR) is 108 cm³/mol. The van der Waals surface area contributed by atoms with Crippen molar-refractivity contribution in [2.45, 2.75) is 13.2 Å². The lowest BCUT2D eigenvalue weighted by Crippen LogP contribution is -2.22. The van der Waals surface area contributed by atoms with Crippen molar-refractivity contribution in [3.05, 3.63) is 52.6 Å². The normalized spacial score (nSPS) is 11.0. The molecule has 2 aromatic carbocycles. The van der Waals surface area contributed by atoms with Crippen LogP contribution in [-0.2, 0) is 13.2 Å². The quantitative estimate of drug-likeness (QED) is 0.509. The molecular formula is C20H22FN3O4S. The molecule has 0 amide bonds. The fourth-order valence-electron chi connectivity index (χ4n) is 2.90. The van der Waals surface area contributed by atoms with Crippen LogP contribution in [0.3, 0.4) is 0 Å². The molecule has 1 heterocycles. The summed E-state index contributed by atoms with van der Waals surface area (Å²) in [5, 5.41) is 4.47. The molecule has 7 nitrogen and oxygen atoms in total. The van der Waals surface area contributed by atoms with Crippen molar-refractivity contribution in [1.82, 2.24) is 14.7 Å². The van der Waals surface area contributed by atoms with Crippen LogP contribution < -0.4 is 14.2 Å². The Morgan fingerprint density at radius 3 is 2.24 bits per heavy atom. The van der Waals surface area contributed by atoms with Crippen molar-refractivity contribution < 1.29 is 23.0 Å². The molecular weight excluding hydrogens is 397 g/mol. The molecule has 0 bridgehead atoms. The van der Waals surface area contributed by atoms with Gasteiger partial charge in [-0.1, -0.05) is 12.1 Å². The minimum Gasteiger partial charge on any atom is -0.493 e. The van der Waals surface area contributed by atoms with Gasteiger partial charge in [0.1, 0.15) is 5.82 Å². The molecule has 154 valence electrons. The Hall–Kier alpha value is -2.91. The standard InChI is InChI=1S/C20H22FN3O4S/c1-23(11-13-5-7-15(21)8-6-13)12-24-20(29)28-19(22-24)14-9-16(25-2)18(27-4)17(10-14)26-3/h5-10H,11-12H2,1-4H3. The zero-order valence-corrected chi connectivity index (χ0v) is 17.5. The van der Waals surface area contributed by atoms with Crippen LogP contribution in [0, 0.1) is 10.7 Å². The van der Waals surface area contributed by atoms with Crippen LogP contribution in [0.5, 0.6) is 17.2 Å². The van der Waals surface area contributed by atoms with Crippen LogP contribution in [0.2, 0.25) is 0 Å². The number of hydrogen-bond donors (Lipinski definition) is 0. The largest absolute Gasteiger partial charge is 0.493 e. The summed E-state index contributed by atoms with van der Waals surface area (Å²) in [4.78, 5) is 2.23. The number of nitrogens with zero attached hydrogens (tertiary/aromatic N) is 3. The smallest absolute Gasteiger partial charge is 0.288 e. The summed E-state index contributed by atoms with van der Waals surface area (Å²) < 4.78 is 36.4. The Bertz CT molecular complexity index is 1010. The molecule has 9 heteroatoms. The first kappa shape index (κ1) is 20.8. The van der Waals surface area contributed by atoms with E-state index in [2.05, 4.69) is 5.10 Å². The van der Waals surface area contributed by atoms with Crippen molar-refractivity contribution in [2.24, 2.45) is 0 Å². The highest BCUT2D eigenvalue weighted by molar-refractivity contribution is 7.71. The fourth-order valence-corrected chi connectivity index (χ4v) is 3.07. The van der Waals surface area contributed by atoms with Crippen molar-refractivity contribution in [3.8, 4) is 28.7 Å². The highest BCUT2D eigenvalue weighted by Crippen LogP contribution is 2.40. The number of rotatable bonds is 8. The SMILES string of the molecule is COc1cc(-c2nn(CN(C)Cc3ccc(F)cc3)c(=S)o2)cc(OC)c1OC. The Morgan fingerprint density at radius 1 is 1.07 bits per heavy atom. The summed E-state index contributed by atoms with van der Waals surface area (Å²) >= 11 is 5.31. The number of halogens is 1. The third-order valence-electron chi connectivity index (χ3n) is 4.26. The lowest BCUT2D eigenvalue weighted by atomic mass is 10.2. The fraction of sp³-hybridized carbons (Fsp3) is 0.300. The molecule has 0 atom stereocenters. The second-order valence-electron chi connectivity index (χ2n) is 6.37. The zero-order chi connectivity index (χ0) is 21.0. The van der Waals surface area contributed by atoms with Gasteiger partial charge in [0.2, 0.25) is 11.6 Å². The minimum absolute atomic E-state index is 0.236. The molecule has 0 radical (unpaired) electrons. The summed E-state index contributed by atoms with van der Waals surface area (Å²) in [5.41, 5.74) is 1.62. The van der Waals surface area contributed by atoms with Crippen LogP contribution in [0.4, 0.5) is 4.39 Å². The third-order valence-corrected chi connectivity index (χ3v) is 4.55. The summed E-state index contributed by atoms with van der Waals surface area (Å²) in [5.74, 6) is 1.54. The van der Waals surface area contributed by atoms with Gasteiger partial charge in [0.25, 0.3) is 4.84 Å². The van der Waals surface area contributed by atoms with Gasteiger partial charge in [-0.15, -0.1) is 5.10 Å². The van der Waals surface area contributed by atoms with Crippen LogP contribution >= 0.6 is 12.2 Å². The molecule has 3 rings (SSSR count). The van der Waals surface area contributed by atoms with Crippen molar-refractivity contribution >= 4 is 12.2 Å². The molecule has 0 spiro atoms. The van der Waals surface area contributed by atoms with Crippen molar-refractivity contribution in [3.63, 3.8) is 0 Å². The second-order valence-corrected chi connectivity index (χ2v) is 6.72. The van der Waals surface area contributed by atoms with Crippen LogP contribution in [0.1, 0.15) is 5.56 Å². The summed E-state index contributed by atoms with van der Waals surface area (Å²) in [6, 6.07) is 9.86. The van der Waals surface area contributed by atoms with E-state index in [1.807, 2.05) is 11.9 Å². The summed E-state index contributed by atoms with van der Waals surface area (Å²) in [6.45, 7) is 1.01. The van der Waals surface area contributed by atoms with E-state index in [1.165, 1.54) is 19.2 Å². The number of benzene rings is 2. The van der Waals surface area contributed by atoms with Gasteiger partial charge in [-0.3, -0.25) is 4.90 Å². The van der Waals surface area contributed by atoms with Gasteiger partial charge in [0.15, 0.2) is 11.5 Å². The summed E-state index contributed by atoms with van der Waals surface area (Å²) in [7, 11) is 6.54. The van der Waals surface area contributed by atoms with Gasteiger partial charge in [-0.25, -0.2) is 9.07 Å². The van der Waals surface area contributed by atoms with E-state index in [0.717, 1.165) is 5.56 Å². The Kier molecular flexibility index (Phi) is 6.50. The first-order chi connectivity index (χ1) is 13.9. The maximum absolute atomic E-state index is 13.1. The van der Waals surface area contributed by atoms with E-state index in [4.69, 9.17) is 30.8 Å². The predicted octanol–water partition coefficient (Wildman–Crippen LogP) is 4.13. The highest BCUT2D eigenvalue weighted by atomic mass is 32.1. The number of ether oxygens (including phenoxy) is 3. The average Bonchev–Trinajstić information content (AvgIpc) is 3.08. The lowest BCUT2D eigenvalue weighted by Gasteiger charge is -2.16. The molecule has 1 aromatic heterocycles. The van der Waals surface area contributed by atoms with E-state index in [1.54, 1.807) is 43.2 Å². The molecule has 3 aromatic rings. The molecule has 0 saturated heterocycles. The lowest BCUT2D eigenvalue weighted by molar-refractivity contribution is 0.240. The molecule has 0 fully saturated rings. The van der Waals surface area contributed by atoms with E-state index in [9.17, 15) is 4.39 Å². The first-order valence-electron chi connectivity index (χ1n) is 8.76. The number of hydrogen-bond acceptors (Lipinski definition) is 7. The number of aromatic nitrogens is 2. The molecule has 0 aliphatic rings. The topological polar surface area (TPSA) is 61.9 Å². The van der Waals surface area contributed by atoms with E-state index >= 15 is 0 Å². The summed E-state index contributed by atoms with van der Waals surface area (Å²) in [6.07, 6.45) is 0. The van der Waals surface area contributed by atoms with Gasteiger partial charge >= 0.3 is 0 Å². The van der Waals surface area contributed by atoms with E-state index in [-0.39, 0.29) is 10.7 Å². The zero-order valence-electron chi connectivity index (χ0n) is 16.6. The van der Waals surface area contributed by atoms with Crippen LogP contribution in [0.15, 0.2) is 40.8 Å². The van der Waals surface area contributed by atoms with E-state index in [0.29, 0.717) is 41.9 Å². The van der Waals surface area contributed by atoms with Gasteiger partial charge < -0.3 is 18.6 Å². The Labute approximate surface area is 173 Å². The van der Waals surface area contributed by atoms with Crippen LogP contribution in [-0.4, -0.2) is 43.1 Å². The average molecular weight is 419 g/mol. The van der Waals surface area contributed by atoms with E-state index < -0.39 is 0 Å². The third kappa shape index (κ3) is 4.75.